The molecule has 3 aromatic rings. The zero-order valence-electron chi connectivity index (χ0n) is 17.7. The van der Waals surface area contributed by atoms with Crippen molar-refractivity contribution in [1.82, 2.24) is 9.88 Å². The van der Waals surface area contributed by atoms with Crippen LogP contribution in [0.4, 0.5) is 0 Å². The van der Waals surface area contributed by atoms with Gasteiger partial charge >= 0.3 is 0 Å². The van der Waals surface area contributed by atoms with Gasteiger partial charge in [-0.25, -0.2) is 0 Å². The molecule has 0 spiro atoms. The van der Waals surface area contributed by atoms with Crippen LogP contribution in [0.5, 0.6) is 11.5 Å². The van der Waals surface area contributed by atoms with Crippen LogP contribution >= 0.6 is 0 Å². The molecule has 1 heterocycles. The highest BCUT2D eigenvalue weighted by Gasteiger charge is 2.19. The van der Waals surface area contributed by atoms with E-state index in [4.69, 9.17) is 9.47 Å². The number of rotatable bonds is 11. The Hall–Kier alpha value is -3.21. The molecule has 158 valence electrons. The molecule has 0 aliphatic carbocycles. The molecule has 0 saturated carbocycles. The molecule has 1 unspecified atom stereocenters. The fourth-order valence-electron chi connectivity index (χ4n) is 3.43. The summed E-state index contributed by atoms with van der Waals surface area (Å²) in [5.74, 6) is 1.52. The molecule has 0 aliphatic rings. The van der Waals surface area contributed by atoms with E-state index in [-0.39, 0.29) is 11.9 Å². The Morgan fingerprint density at radius 3 is 2.30 bits per heavy atom. The quantitative estimate of drug-likeness (QED) is 0.513. The molecular formula is C25H30N2O3. The Morgan fingerprint density at radius 1 is 0.900 bits per heavy atom. The van der Waals surface area contributed by atoms with E-state index in [1.165, 1.54) is 0 Å². The normalized spacial score (nSPS) is 11.7. The number of carbonyl (C=O) groups is 1. The summed E-state index contributed by atoms with van der Waals surface area (Å²) in [7, 11) is 0. The van der Waals surface area contributed by atoms with Crippen molar-refractivity contribution in [1.29, 1.82) is 0 Å². The van der Waals surface area contributed by atoms with E-state index in [1.54, 1.807) is 0 Å². The maximum Gasteiger partial charge on any atom is 0.243 e. The standard InChI is InChI=1S/C25H30N2O3/c1-3-29-23-13-12-21(19-24(23)30-4-2)14-15-26-25(28)22(27-16-8-9-17-27)18-20-10-6-5-7-11-20/h5-13,16-17,19,22H,3-4,14-15,18H2,1-2H3,(H,26,28). The van der Waals surface area contributed by atoms with Crippen LogP contribution in [-0.4, -0.2) is 30.2 Å². The maximum absolute atomic E-state index is 13.0. The van der Waals surface area contributed by atoms with Gasteiger partial charge in [0, 0.05) is 25.4 Å². The summed E-state index contributed by atoms with van der Waals surface area (Å²) in [6, 6.07) is 19.7. The second-order valence-corrected chi connectivity index (χ2v) is 7.02. The number of aromatic nitrogens is 1. The van der Waals surface area contributed by atoms with E-state index in [9.17, 15) is 4.79 Å². The number of carbonyl (C=O) groups excluding carboxylic acids is 1. The lowest BCUT2D eigenvalue weighted by atomic mass is 10.0. The van der Waals surface area contributed by atoms with E-state index >= 15 is 0 Å². The highest BCUT2D eigenvalue weighted by Crippen LogP contribution is 2.28. The van der Waals surface area contributed by atoms with Crippen molar-refractivity contribution in [3.63, 3.8) is 0 Å². The average Bonchev–Trinajstić information content (AvgIpc) is 3.29. The zero-order valence-corrected chi connectivity index (χ0v) is 17.7. The van der Waals surface area contributed by atoms with Crippen LogP contribution in [0.3, 0.4) is 0 Å². The predicted molar refractivity (Wildman–Crippen MR) is 119 cm³/mol. The van der Waals surface area contributed by atoms with Gasteiger partial charge in [0.15, 0.2) is 11.5 Å². The molecule has 0 aliphatic heterocycles. The summed E-state index contributed by atoms with van der Waals surface area (Å²) in [4.78, 5) is 13.0. The molecule has 1 amide bonds. The summed E-state index contributed by atoms with van der Waals surface area (Å²) in [5, 5.41) is 3.10. The third-order valence-electron chi connectivity index (χ3n) is 4.88. The maximum atomic E-state index is 13.0. The van der Waals surface area contributed by atoms with Gasteiger partial charge in [0.25, 0.3) is 0 Å². The second kappa shape index (κ2) is 11.1. The highest BCUT2D eigenvalue weighted by molar-refractivity contribution is 5.80. The van der Waals surface area contributed by atoms with Gasteiger partial charge in [-0.3, -0.25) is 4.79 Å². The number of nitrogens with one attached hydrogen (secondary N) is 1. The fourth-order valence-corrected chi connectivity index (χ4v) is 3.43. The van der Waals surface area contributed by atoms with Crippen molar-refractivity contribution in [2.24, 2.45) is 0 Å². The highest BCUT2D eigenvalue weighted by atomic mass is 16.5. The summed E-state index contributed by atoms with van der Waals surface area (Å²) in [6.07, 6.45) is 5.25. The third-order valence-corrected chi connectivity index (χ3v) is 4.88. The Balaban J connectivity index is 1.62. The van der Waals surface area contributed by atoms with Crippen molar-refractivity contribution in [3.05, 3.63) is 84.2 Å². The number of amides is 1. The predicted octanol–water partition coefficient (Wildman–Crippen LogP) is 4.43. The van der Waals surface area contributed by atoms with Crippen molar-refractivity contribution >= 4 is 5.91 Å². The lowest BCUT2D eigenvalue weighted by molar-refractivity contribution is -0.124. The second-order valence-electron chi connectivity index (χ2n) is 7.02. The van der Waals surface area contributed by atoms with Crippen molar-refractivity contribution in [2.45, 2.75) is 32.7 Å². The third kappa shape index (κ3) is 5.89. The number of benzene rings is 2. The smallest absolute Gasteiger partial charge is 0.243 e. The molecule has 0 fully saturated rings. The van der Waals surface area contributed by atoms with Crippen molar-refractivity contribution in [2.75, 3.05) is 19.8 Å². The van der Waals surface area contributed by atoms with E-state index in [0.29, 0.717) is 26.2 Å². The van der Waals surface area contributed by atoms with E-state index in [0.717, 1.165) is 29.0 Å². The molecular weight excluding hydrogens is 376 g/mol. The van der Waals surface area contributed by atoms with Crippen LogP contribution in [0.2, 0.25) is 0 Å². The molecule has 30 heavy (non-hydrogen) atoms. The molecule has 3 rings (SSSR count). The first kappa shape index (κ1) is 21.5. The van der Waals surface area contributed by atoms with Gasteiger partial charge in [-0.05, 0) is 55.7 Å². The van der Waals surface area contributed by atoms with Gasteiger partial charge in [-0.2, -0.15) is 0 Å². The lowest BCUT2D eigenvalue weighted by Gasteiger charge is -2.19. The summed E-state index contributed by atoms with van der Waals surface area (Å²) in [5.41, 5.74) is 2.24. The minimum atomic E-state index is -0.276. The number of hydrogen-bond acceptors (Lipinski definition) is 3. The van der Waals surface area contributed by atoms with E-state index in [1.807, 2.05) is 79.3 Å². The Labute approximate surface area is 178 Å². The topological polar surface area (TPSA) is 52.5 Å². The van der Waals surface area contributed by atoms with Crippen LogP contribution in [0.15, 0.2) is 73.1 Å². The largest absolute Gasteiger partial charge is 0.490 e. The lowest BCUT2D eigenvalue weighted by Crippen LogP contribution is -2.34. The molecule has 2 aromatic carbocycles. The monoisotopic (exact) mass is 406 g/mol. The van der Waals surface area contributed by atoms with Crippen LogP contribution in [-0.2, 0) is 17.6 Å². The number of ether oxygens (including phenoxy) is 2. The summed E-state index contributed by atoms with van der Waals surface area (Å²) in [6.45, 7) is 5.65. The van der Waals surface area contributed by atoms with Crippen molar-refractivity contribution in [3.8, 4) is 11.5 Å². The first-order valence-corrected chi connectivity index (χ1v) is 10.5. The van der Waals surface area contributed by atoms with Gasteiger partial charge in [0.2, 0.25) is 5.91 Å². The zero-order chi connectivity index (χ0) is 21.2. The van der Waals surface area contributed by atoms with Gasteiger partial charge in [0.1, 0.15) is 6.04 Å². The summed E-state index contributed by atoms with van der Waals surface area (Å²) < 4.78 is 13.3. The van der Waals surface area contributed by atoms with Gasteiger partial charge in [-0.15, -0.1) is 0 Å². The molecule has 1 atom stereocenters. The van der Waals surface area contributed by atoms with E-state index in [2.05, 4.69) is 17.4 Å². The number of hydrogen-bond donors (Lipinski definition) is 1. The van der Waals surface area contributed by atoms with Gasteiger partial charge in [-0.1, -0.05) is 36.4 Å². The van der Waals surface area contributed by atoms with Crippen LogP contribution in [0.1, 0.15) is 31.0 Å². The van der Waals surface area contributed by atoms with Crippen LogP contribution in [0.25, 0.3) is 0 Å². The molecule has 0 bridgehead atoms. The summed E-state index contributed by atoms with van der Waals surface area (Å²) >= 11 is 0. The van der Waals surface area contributed by atoms with Gasteiger partial charge < -0.3 is 19.4 Å². The minimum absolute atomic E-state index is 0.0195. The molecule has 0 saturated heterocycles. The Bertz CT molecular complexity index is 907. The van der Waals surface area contributed by atoms with Crippen LogP contribution < -0.4 is 14.8 Å². The van der Waals surface area contributed by atoms with E-state index < -0.39 is 0 Å². The average molecular weight is 407 g/mol. The van der Waals surface area contributed by atoms with Crippen LogP contribution in [0, 0.1) is 0 Å². The minimum Gasteiger partial charge on any atom is -0.490 e. The molecule has 5 nitrogen and oxygen atoms in total. The molecule has 0 radical (unpaired) electrons. The molecule has 1 N–H and O–H groups in total. The molecule has 1 aromatic heterocycles. The van der Waals surface area contributed by atoms with Gasteiger partial charge in [0.05, 0.1) is 13.2 Å². The Morgan fingerprint density at radius 2 is 1.60 bits per heavy atom. The molecule has 5 heteroatoms. The van der Waals surface area contributed by atoms with Crippen molar-refractivity contribution < 1.29 is 14.3 Å². The number of nitrogens with zero attached hydrogens (tertiary/aromatic N) is 1. The Kier molecular flexibility index (Phi) is 7.95. The fraction of sp³-hybridized carbons (Fsp3) is 0.320. The SMILES string of the molecule is CCOc1ccc(CCNC(=O)C(Cc2ccccc2)n2cccc2)cc1OCC. The first-order chi connectivity index (χ1) is 14.7. The first-order valence-electron chi connectivity index (χ1n) is 10.5.